The number of aliphatic hydroxyl groups excluding tert-OH is 1. The van der Waals surface area contributed by atoms with E-state index < -0.39 is 6.23 Å². The normalized spacial score (nSPS) is 24.5. The van der Waals surface area contributed by atoms with Gasteiger partial charge in [0.1, 0.15) is 6.23 Å². The summed E-state index contributed by atoms with van der Waals surface area (Å²) in [5.74, 6) is 0. The van der Waals surface area contributed by atoms with Crippen LogP contribution in [0, 0.1) is 0 Å². The van der Waals surface area contributed by atoms with Crippen molar-refractivity contribution in [2.75, 3.05) is 72.1 Å². The number of nitrogens with zero attached hydrogens (tertiary/aromatic N) is 2. The largest absolute Gasteiger partial charge is 0.377 e. The molecule has 1 atom stereocenters. The topological polar surface area (TPSA) is 60.0 Å². The lowest BCUT2D eigenvalue weighted by molar-refractivity contribution is -0.0634. The van der Waals surface area contributed by atoms with Crippen molar-refractivity contribution in [3.63, 3.8) is 0 Å². The van der Waals surface area contributed by atoms with E-state index in [1.54, 1.807) is 0 Å². The van der Waals surface area contributed by atoms with E-state index in [0.717, 1.165) is 71.9 Å². The number of hydrogen-bond donors (Lipinski definition) is 3. The first-order chi connectivity index (χ1) is 9.36. The van der Waals surface area contributed by atoms with E-state index in [9.17, 15) is 5.11 Å². The molecule has 2 rings (SSSR count). The van der Waals surface area contributed by atoms with Crippen LogP contribution in [0.1, 0.15) is 6.42 Å². The van der Waals surface area contributed by atoms with Crippen molar-refractivity contribution in [3.05, 3.63) is 0 Å². The van der Waals surface area contributed by atoms with Crippen LogP contribution in [0.15, 0.2) is 0 Å². The van der Waals surface area contributed by atoms with E-state index in [0.29, 0.717) is 6.61 Å². The van der Waals surface area contributed by atoms with Gasteiger partial charge in [0.25, 0.3) is 0 Å². The van der Waals surface area contributed by atoms with Gasteiger partial charge in [0.15, 0.2) is 0 Å². The Bertz CT molecular complexity index is 231. The molecule has 0 aliphatic carbocycles. The summed E-state index contributed by atoms with van der Waals surface area (Å²) in [5.41, 5.74) is 0. The van der Waals surface area contributed by atoms with Crippen molar-refractivity contribution in [1.29, 1.82) is 0 Å². The second-order valence-corrected chi connectivity index (χ2v) is 5.29. The fourth-order valence-electron chi connectivity index (χ4n) is 2.60. The van der Waals surface area contributed by atoms with Crippen molar-refractivity contribution in [1.82, 2.24) is 20.4 Å². The Morgan fingerprint density at radius 1 is 1.00 bits per heavy atom. The third-order valence-electron chi connectivity index (χ3n) is 3.81. The van der Waals surface area contributed by atoms with Crippen LogP contribution < -0.4 is 10.6 Å². The zero-order valence-corrected chi connectivity index (χ0v) is 11.8. The zero-order valence-electron chi connectivity index (χ0n) is 11.8. The van der Waals surface area contributed by atoms with E-state index in [2.05, 4.69) is 20.4 Å². The SMILES string of the molecule is OC(COCCCN1CCNCC1)N1CCNCC1. The summed E-state index contributed by atoms with van der Waals surface area (Å²) in [7, 11) is 0. The van der Waals surface area contributed by atoms with Gasteiger partial charge in [-0.05, 0) is 6.42 Å². The summed E-state index contributed by atoms with van der Waals surface area (Å²) in [4.78, 5) is 4.54. The number of nitrogens with one attached hydrogen (secondary N) is 2. The van der Waals surface area contributed by atoms with E-state index in [1.807, 2.05) is 0 Å². The van der Waals surface area contributed by atoms with Gasteiger partial charge in [-0.3, -0.25) is 4.90 Å². The zero-order chi connectivity index (χ0) is 13.3. The van der Waals surface area contributed by atoms with E-state index in [1.165, 1.54) is 0 Å². The number of aliphatic hydroxyl groups is 1. The van der Waals surface area contributed by atoms with E-state index >= 15 is 0 Å². The number of rotatable bonds is 7. The summed E-state index contributed by atoms with van der Waals surface area (Å²) in [6.45, 7) is 10.5. The highest BCUT2D eigenvalue weighted by Crippen LogP contribution is 2.00. The van der Waals surface area contributed by atoms with Crippen LogP contribution in [-0.2, 0) is 4.74 Å². The molecule has 0 saturated carbocycles. The van der Waals surface area contributed by atoms with Gasteiger partial charge in [-0.1, -0.05) is 0 Å². The average molecular weight is 272 g/mol. The molecule has 6 heteroatoms. The number of piperazine rings is 2. The van der Waals surface area contributed by atoms with Gasteiger partial charge >= 0.3 is 0 Å². The van der Waals surface area contributed by atoms with Crippen molar-refractivity contribution >= 4 is 0 Å². The molecule has 1 unspecified atom stereocenters. The quantitative estimate of drug-likeness (QED) is 0.492. The fraction of sp³-hybridized carbons (Fsp3) is 1.00. The van der Waals surface area contributed by atoms with Crippen molar-refractivity contribution < 1.29 is 9.84 Å². The molecule has 0 bridgehead atoms. The molecule has 2 aliphatic heterocycles. The molecular formula is C13H28N4O2. The summed E-state index contributed by atoms with van der Waals surface area (Å²) in [5, 5.41) is 16.6. The summed E-state index contributed by atoms with van der Waals surface area (Å²) >= 11 is 0. The van der Waals surface area contributed by atoms with Crippen molar-refractivity contribution in [2.45, 2.75) is 12.6 Å². The third-order valence-corrected chi connectivity index (χ3v) is 3.81. The van der Waals surface area contributed by atoms with Gasteiger partial charge in [0, 0.05) is 65.5 Å². The Labute approximate surface area is 116 Å². The molecule has 0 aromatic carbocycles. The second kappa shape index (κ2) is 8.84. The highest BCUT2D eigenvalue weighted by Gasteiger charge is 2.17. The van der Waals surface area contributed by atoms with Crippen LogP contribution in [0.4, 0.5) is 0 Å². The molecule has 0 spiro atoms. The predicted molar refractivity (Wildman–Crippen MR) is 75.2 cm³/mol. The molecule has 2 saturated heterocycles. The Morgan fingerprint density at radius 2 is 1.63 bits per heavy atom. The van der Waals surface area contributed by atoms with Crippen LogP contribution in [0.25, 0.3) is 0 Å². The van der Waals surface area contributed by atoms with Gasteiger partial charge < -0.3 is 25.4 Å². The van der Waals surface area contributed by atoms with E-state index in [-0.39, 0.29) is 0 Å². The van der Waals surface area contributed by atoms with Crippen LogP contribution >= 0.6 is 0 Å². The molecule has 3 N–H and O–H groups in total. The first kappa shape index (κ1) is 15.2. The molecule has 2 fully saturated rings. The average Bonchev–Trinajstić information content (AvgIpc) is 2.49. The van der Waals surface area contributed by atoms with Crippen LogP contribution in [-0.4, -0.2) is 93.3 Å². The van der Waals surface area contributed by atoms with Gasteiger partial charge in [-0.25, -0.2) is 0 Å². The van der Waals surface area contributed by atoms with Crippen LogP contribution in [0.2, 0.25) is 0 Å². The first-order valence-electron chi connectivity index (χ1n) is 7.50. The first-order valence-corrected chi connectivity index (χ1v) is 7.50. The van der Waals surface area contributed by atoms with Crippen molar-refractivity contribution in [2.24, 2.45) is 0 Å². The Morgan fingerprint density at radius 3 is 2.32 bits per heavy atom. The molecule has 0 radical (unpaired) electrons. The monoisotopic (exact) mass is 272 g/mol. The maximum atomic E-state index is 9.98. The maximum Gasteiger partial charge on any atom is 0.131 e. The standard InChI is InChI=1S/C13H28N4O2/c18-13(17-9-4-15-5-10-17)12-19-11-1-6-16-7-2-14-3-8-16/h13-15,18H,1-12H2. The molecule has 0 amide bonds. The Balaban J connectivity index is 1.46. The Kier molecular flexibility index (Phi) is 7.05. The van der Waals surface area contributed by atoms with Crippen LogP contribution in [0.3, 0.4) is 0 Å². The highest BCUT2D eigenvalue weighted by molar-refractivity contribution is 4.70. The molecule has 2 heterocycles. The van der Waals surface area contributed by atoms with Gasteiger partial charge in [0.05, 0.1) is 6.61 Å². The smallest absolute Gasteiger partial charge is 0.131 e. The van der Waals surface area contributed by atoms with Gasteiger partial charge in [-0.15, -0.1) is 0 Å². The van der Waals surface area contributed by atoms with Crippen LogP contribution in [0.5, 0.6) is 0 Å². The molecule has 2 aliphatic rings. The fourth-order valence-corrected chi connectivity index (χ4v) is 2.60. The van der Waals surface area contributed by atoms with E-state index in [4.69, 9.17) is 4.74 Å². The predicted octanol–water partition coefficient (Wildman–Crippen LogP) is -1.48. The van der Waals surface area contributed by atoms with Gasteiger partial charge in [-0.2, -0.15) is 0 Å². The minimum Gasteiger partial charge on any atom is -0.377 e. The van der Waals surface area contributed by atoms with Crippen molar-refractivity contribution in [3.8, 4) is 0 Å². The lowest BCUT2D eigenvalue weighted by Crippen LogP contribution is -2.50. The summed E-state index contributed by atoms with van der Waals surface area (Å²) in [6, 6.07) is 0. The lowest BCUT2D eigenvalue weighted by Gasteiger charge is -2.31. The number of ether oxygens (including phenoxy) is 1. The minimum atomic E-state index is -0.443. The molecular weight excluding hydrogens is 244 g/mol. The minimum absolute atomic E-state index is 0.432. The molecule has 0 aromatic rings. The highest BCUT2D eigenvalue weighted by atomic mass is 16.5. The lowest BCUT2D eigenvalue weighted by atomic mass is 10.3. The number of hydrogen-bond acceptors (Lipinski definition) is 6. The molecule has 6 nitrogen and oxygen atoms in total. The molecule has 112 valence electrons. The molecule has 0 aromatic heterocycles. The maximum absolute atomic E-state index is 9.98. The second-order valence-electron chi connectivity index (χ2n) is 5.29. The summed E-state index contributed by atoms with van der Waals surface area (Å²) in [6.07, 6.45) is 0.607. The Hall–Kier alpha value is -0.240. The summed E-state index contributed by atoms with van der Waals surface area (Å²) < 4.78 is 5.59. The third kappa shape index (κ3) is 5.72. The van der Waals surface area contributed by atoms with Gasteiger partial charge in [0.2, 0.25) is 0 Å². The molecule has 19 heavy (non-hydrogen) atoms.